The highest BCUT2D eigenvalue weighted by atomic mass is 28.3. The summed E-state index contributed by atoms with van der Waals surface area (Å²) in [6, 6.07) is 0. The first-order valence-corrected chi connectivity index (χ1v) is 11.9. The van der Waals surface area contributed by atoms with Crippen molar-refractivity contribution in [3.05, 3.63) is 35.0 Å². The fourth-order valence-corrected chi connectivity index (χ4v) is 4.21. The third-order valence-corrected chi connectivity index (χ3v) is 4.95. The molecule has 1 aliphatic carbocycles. The summed E-state index contributed by atoms with van der Waals surface area (Å²) >= 11 is 0. The van der Waals surface area contributed by atoms with Gasteiger partial charge in [0, 0.05) is 0 Å². The van der Waals surface area contributed by atoms with Crippen molar-refractivity contribution in [2.75, 3.05) is 0 Å². The van der Waals surface area contributed by atoms with Crippen molar-refractivity contribution in [3.63, 3.8) is 0 Å². The van der Waals surface area contributed by atoms with Gasteiger partial charge in [-0.15, -0.1) is 6.58 Å². The fraction of sp³-hybridized carbons (Fsp3) is 0.684. The van der Waals surface area contributed by atoms with E-state index in [2.05, 4.69) is 39.2 Å². The van der Waals surface area contributed by atoms with Gasteiger partial charge in [-0.25, -0.2) is 0 Å². The van der Waals surface area contributed by atoms with Gasteiger partial charge in [-0.1, -0.05) is 62.3 Å². The highest BCUT2D eigenvalue weighted by Crippen LogP contribution is 2.35. The Bertz CT molecular complexity index is 410. The van der Waals surface area contributed by atoms with Crippen molar-refractivity contribution >= 4 is 8.07 Å². The Morgan fingerprint density at radius 1 is 1.25 bits per heavy atom. The zero-order chi connectivity index (χ0) is 15.9. The molecule has 0 heterocycles. The molecule has 0 aliphatic heterocycles. The quantitative estimate of drug-likeness (QED) is 0.274. The molecule has 0 aromatic carbocycles. The standard InChI is InChI=1S/C19H34Si/c1-6-8-9-13-17(12-7-2)19-15-11-10-14-18(19)16-20(3,4)5/h7,16H,2,6,8-15H2,1,3-5H3/b18-16+,19-17+/i16D. The second kappa shape index (κ2) is 8.66. The molecule has 0 bridgehead atoms. The summed E-state index contributed by atoms with van der Waals surface area (Å²) < 4.78 is 8.67. The molecule has 0 unspecified atom stereocenters. The number of allylic oxidation sites excluding steroid dienone is 4. The van der Waals surface area contributed by atoms with Crippen LogP contribution in [0, 0.1) is 0 Å². The van der Waals surface area contributed by atoms with Gasteiger partial charge in [-0.2, -0.15) is 0 Å². The molecule has 1 saturated carbocycles. The Hall–Kier alpha value is -0.563. The van der Waals surface area contributed by atoms with Gasteiger partial charge in [0.2, 0.25) is 0 Å². The maximum Gasteiger partial charge on any atom is 0.0690 e. The minimum atomic E-state index is -1.51. The molecule has 0 radical (unpaired) electrons. The van der Waals surface area contributed by atoms with E-state index in [0.29, 0.717) is 0 Å². The van der Waals surface area contributed by atoms with Gasteiger partial charge in [0.15, 0.2) is 0 Å². The third kappa shape index (κ3) is 6.26. The third-order valence-electron chi connectivity index (χ3n) is 3.89. The van der Waals surface area contributed by atoms with E-state index in [0.717, 1.165) is 18.5 Å². The molecule has 1 heteroatoms. The average molecular weight is 292 g/mol. The Morgan fingerprint density at radius 2 is 1.95 bits per heavy atom. The van der Waals surface area contributed by atoms with E-state index in [1.54, 1.807) is 11.1 Å². The molecule has 114 valence electrons. The van der Waals surface area contributed by atoms with Gasteiger partial charge in [0.05, 0.1) is 9.44 Å². The van der Waals surface area contributed by atoms with Gasteiger partial charge in [-0.05, 0) is 50.5 Å². The van der Waals surface area contributed by atoms with E-state index in [4.69, 9.17) is 1.37 Å². The molecule has 1 aliphatic rings. The predicted molar refractivity (Wildman–Crippen MR) is 95.9 cm³/mol. The molecule has 0 atom stereocenters. The second-order valence-electron chi connectivity index (χ2n) is 7.09. The van der Waals surface area contributed by atoms with Gasteiger partial charge in [-0.3, -0.25) is 0 Å². The van der Waals surface area contributed by atoms with Crippen LogP contribution in [0.25, 0.3) is 0 Å². The van der Waals surface area contributed by atoms with E-state index >= 15 is 0 Å². The molecule has 0 nitrogen and oxygen atoms in total. The molecular formula is C19H34Si. The second-order valence-corrected chi connectivity index (χ2v) is 11.8. The Morgan fingerprint density at radius 3 is 2.55 bits per heavy atom. The number of unbranched alkanes of at least 4 members (excludes halogenated alkanes) is 2. The van der Waals surface area contributed by atoms with E-state index in [9.17, 15) is 0 Å². The zero-order valence-corrected chi connectivity index (χ0v) is 15.1. The lowest BCUT2D eigenvalue weighted by molar-refractivity contribution is 0.653. The first kappa shape index (κ1) is 15.8. The minimum Gasteiger partial charge on any atom is -0.103 e. The molecule has 0 saturated heterocycles. The highest BCUT2D eigenvalue weighted by Gasteiger charge is 2.19. The summed E-state index contributed by atoms with van der Waals surface area (Å²) in [5, 5.41) is 0. The fourth-order valence-electron chi connectivity index (χ4n) is 3.02. The van der Waals surface area contributed by atoms with Crippen molar-refractivity contribution in [1.29, 1.82) is 0 Å². The van der Waals surface area contributed by atoms with Gasteiger partial charge < -0.3 is 0 Å². The van der Waals surface area contributed by atoms with Crippen LogP contribution in [-0.2, 0) is 0 Å². The lowest BCUT2D eigenvalue weighted by atomic mass is 9.84. The van der Waals surface area contributed by atoms with E-state index in [1.807, 2.05) is 0 Å². The Balaban J connectivity index is 3.15. The predicted octanol–water partition coefficient (Wildman–Crippen LogP) is 6.82. The molecule has 0 aromatic heterocycles. The van der Waals surface area contributed by atoms with Crippen molar-refractivity contribution in [2.24, 2.45) is 0 Å². The summed E-state index contributed by atoms with van der Waals surface area (Å²) in [6.07, 6.45) is 13.0. The lowest BCUT2D eigenvalue weighted by Crippen LogP contribution is -2.18. The summed E-state index contributed by atoms with van der Waals surface area (Å²) in [5.74, 6) is 0. The summed E-state index contributed by atoms with van der Waals surface area (Å²) in [5.41, 5.74) is 5.53. The first-order valence-electron chi connectivity index (χ1n) is 8.94. The molecular weight excluding hydrogens is 256 g/mol. The van der Waals surface area contributed by atoms with E-state index in [-0.39, 0.29) is 0 Å². The number of hydrogen-bond donors (Lipinski definition) is 0. The normalized spacial score (nSPS) is 22.3. The highest BCUT2D eigenvalue weighted by molar-refractivity contribution is 6.81. The van der Waals surface area contributed by atoms with Crippen LogP contribution in [0.5, 0.6) is 0 Å². The first-order chi connectivity index (χ1) is 9.91. The van der Waals surface area contributed by atoms with Crippen molar-refractivity contribution < 1.29 is 1.37 Å². The van der Waals surface area contributed by atoms with Crippen LogP contribution < -0.4 is 0 Å². The molecule has 1 rings (SSSR count). The number of rotatable bonds is 7. The van der Waals surface area contributed by atoms with Gasteiger partial charge in [0.25, 0.3) is 0 Å². The van der Waals surface area contributed by atoms with Crippen LogP contribution in [-0.4, -0.2) is 8.07 Å². The van der Waals surface area contributed by atoms with Crippen LogP contribution >= 0.6 is 0 Å². The van der Waals surface area contributed by atoms with E-state index < -0.39 is 8.07 Å². The SMILES string of the molecule is [2H]/C(=C1/CCCC/C1=C(/CC=C)CCCCC)[Si](C)(C)C. The van der Waals surface area contributed by atoms with Crippen molar-refractivity contribution in [2.45, 2.75) is 84.4 Å². The molecule has 0 aromatic rings. The van der Waals surface area contributed by atoms with Crippen LogP contribution in [0.4, 0.5) is 0 Å². The maximum absolute atomic E-state index is 8.67. The zero-order valence-electron chi connectivity index (χ0n) is 15.1. The molecule has 0 spiro atoms. The Kier molecular flexibility index (Phi) is 6.85. The molecule has 1 fully saturated rings. The monoisotopic (exact) mass is 291 g/mol. The lowest BCUT2D eigenvalue weighted by Gasteiger charge is -2.25. The van der Waals surface area contributed by atoms with Gasteiger partial charge in [0.1, 0.15) is 0 Å². The van der Waals surface area contributed by atoms with Crippen molar-refractivity contribution in [1.82, 2.24) is 0 Å². The average Bonchev–Trinajstić information content (AvgIpc) is 2.45. The molecule has 20 heavy (non-hydrogen) atoms. The van der Waals surface area contributed by atoms with Crippen LogP contribution in [0.3, 0.4) is 0 Å². The van der Waals surface area contributed by atoms with Crippen molar-refractivity contribution in [3.8, 4) is 0 Å². The summed E-state index contributed by atoms with van der Waals surface area (Å²) in [4.78, 5) is 0. The smallest absolute Gasteiger partial charge is 0.0690 e. The largest absolute Gasteiger partial charge is 0.103 e. The summed E-state index contributed by atoms with van der Waals surface area (Å²) in [7, 11) is -1.51. The summed E-state index contributed by atoms with van der Waals surface area (Å²) in [6.45, 7) is 13.1. The molecule has 0 amide bonds. The van der Waals surface area contributed by atoms with Crippen LogP contribution in [0.1, 0.15) is 66.1 Å². The number of hydrogen-bond acceptors (Lipinski definition) is 0. The van der Waals surface area contributed by atoms with Crippen LogP contribution in [0.2, 0.25) is 19.6 Å². The topological polar surface area (TPSA) is 0 Å². The van der Waals surface area contributed by atoms with Gasteiger partial charge >= 0.3 is 0 Å². The molecule has 0 N–H and O–H groups in total. The maximum atomic E-state index is 8.67. The van der Waals surface area contributed by atoms with Crippen LogP contribution in [0.15, 0.2) is 35.0 Å². The Labute approximate surface area is 129 Å². The van der Waals surface area contributed by atoms with E-state index in [1.165, 1.54) is 50.5 Å². The minimum absolute atomic E-state index is 0.995.